The second kappa shape index (κ2) is 5.80. The maximum absolute atomic E-state index is 13.6. The Kier molecular flexibility index (Phi) is 4.35. The molecule has 0 unspecified atom stereocenters. The van der Waals surface area contributed by atoms with Gasteiger partial charge in [0.15, 0.2) is 11.6 Å². The summed E-state index contributed by atoms with van der Waals surface area (Å²) < 4.78 is 13.6. The average Bonchev–Trinajstić information content (AvgIpc) is 2.33. The Hall–Kier alpha value is -0.940. The third kappa shape index (κ3) is 3.29. The Morgan fingerprint density at radius 1 is 1.44 bits per heavy atom. The van der Waals surface area contributed by atoms with Gasteiger partial charge in [0, 0.05) is 19.6 Å². The number of aromatic nitrogens is 2. The second-order valence-electron chi connectivity index (χ2n) is 5.00. The first-order valence-electron chi connectivity index (χ1n) is 6.14. The summed E-state index contributed by atoms with van der Waals surface area (Å²) in [6.45, 7) is 2.73. The van der Waals surface area contributed by atoms with Gasteiger partial charge in [-0.2, -0.15) is 4.98 Å². The van der Waals surface area contributed by atoms with Crippen molar-refractivity contribution in [2.75, 3.05) is 38.6 Å². The van der Waals surface area contributed by atoms with Crippen LogP contribution in [0.4, 0.5) is 10.2 Å². The SMILES string of the molecule is CN(C)CC1CCN(c2nc(Cl)ncc2F)CC1. The molecule has 0 aliphatic carbocycles. The molecule has 0 saturated carbocycles. The summed E-state index contributed by atoms with van der Waals surface area (Å²) in [6, 6.07) is 0. The first-order chi connectivity index (χ1) is 8.56. The Labute approximate surface area is 112 Å². The predicted octanol–water partition coefficient (Wildman–Crippen LogP) is 2.05. The first-order valence-corrected chi connectivity index (χ1v) is 6.52. The average molecular weight is 273 g/mol. The van der Waals surface area contributed by atoms with E-state index < -0.39 is 5.82 Å². The van der Waals surface area contributed by atoms with E-state index in [1.165, 1.54) is 0 Å². The highest BCUT2D eigenvalue weighted by Crippen LogP contribution is 2.24. The molecule has 1 aromatic heterocycles. The summed E-state index contributed by atoms with van der Waals surface area (Å²) in [5.74, 6) is 0.611. The van der Waals surface area contributed by atoms with Crippen molar-refractivity contribution < 1.29 is 4.39 Å². The van der Waals surface area contributed by atoms with E-state index in [-0.39, 0.29) is 5.28 Å². The third-order valence-electron chi connectivity index (χ3n) is 3.23. The van der Waals surface area contributed by atoms with E-state index in [2.05, 4.69) is 29.0 Å². The van der Waals surface area contributed by atoms with Crippen LogP contribution in [-0.2, 0) is 0 Å². The zero-order chi connectivity index (χ0) is 13.1. The van der Waals surface area contributed by atoms with Crippen LogP contribution < -0.4 is 4.90 Å². The van der Waals surface area contributed by atoms with Crippen LogP contribution in [-0.4, -0.2) is 48.6 Å². The quantitative estimate of drug-likeness (QED) is 0.789. The number of anilines is 1. The molecule has 2 rings (SSSR count). The van der Waals surface area contributed by atoms with Gasteiger partial charge in [-0.25, -0.2) is 9.37 Å². The zero-order valence-electron chi connectivity index (χ0n) is 10.7. The van der Waals surface area contributed by atoms with E-state index in [1.807, 2.05) is 4.90 Å². The van der Waals surface area contributed by atoms with E-state index in [0.29, 0.717) is 11.7 Å². The molecule has 1 fully saturated rings. The molecule has 0 radical (unpaired) electrons. The van der Waals surface area contributed by atoms with Gasteiger partial charge in [0.25, 0.3) is 0 Å². The van der Waals surface area contributed by atoms with E-state index in [0.717, 1.165) is 38.7 Å². The van der Waals surface area contributed by atoms with Gasteiger partial charge in [0.05, 0.1) is 6.20 Å². The highest BCUT2D eigenvalue weighted by Gasteiger charge is 2.22. The summed E-state index contributed by atoms with van der Waals surface area (Å²) in [7, 11) is 4.16. The summed E-state index contributed by atoms with van der Waals surface area (Å²) in [5, 5.41) is 0.0989. The number of halogens is 2. The van der Waals surface area contributed by atoms with Crippen molar-refractivity contribution >= 4 is 17.4 Å². The summed E-state index contributed by atoms with van der Waals surface area (Å²) in [5.41, 5.74) is 0. The molecule has 4 nitrogen and oxygen atoms in total. The molecule has 2 heterocycles. The minimum Gasteiger partial charge on any atom is -0.354 e. The molecule has 1 saturated heterocycles. The topological polar surface area (TPSA) is 32.3 Å². The number of piperidine rings is 1. The molecule has 1 aliphatic heterocycles. The molecule has 6 heteroatoms. The van der Waals surface area contributed by atoms with Crippen LogP contribution in [0.25, 0.3) is 0 Å². The number of rotatable bonds is 3. The fourth-order valence-electron chi connectivity index (χ4n) is 2.40. The van der Waals surface area contributed by atoms with Crippen molar-refractivity contribution in [3.05, 3.63) is 17.3 Å². The van der Waals surface area contributed by atoms with Gasteiger partial charge in [-0.15, -0.1) is 0 Å². The molecule has 1 aromatic rings. The van der Waals surface area contributed by atoms with Crippen molar-refractivity contribution in [2.24, 2.45) is 5.92 Å². The molecule has 0 atom stereocenters. The maximum atomic E-state index is 13.6. The van der Waals surface area contributed by atoms with E-state index in [9.17, 15) is 4.39 Å². The molecule has 0 amide bonds. The van der Waals surface area contributed by atoms with Gasteiger partial charge in [0.2, 0.25) is 5.28 Å². The predicted molar refractivity (Wildman–Crippen MR) is 70.5 cm³/mol. The van der Waals surface area contributed by atoms with E-state index in [1.54, 1.807) is 0 Å². The first kappa shape index (κ1) is 13.5. The van der Waals surface area contributed by atoms with Crippen LogP contribution in [0, 0.1) is 11.7 Å². The Morgan fingerprint density at radius 2 is 2.11 bits per heavy atom. The van der Waals surface area contributed by atoms with Crippen LogP contribution in [0.3, 0.4) is 0 Å². The van der Waals surface area contributed by atoms with Gasteiger partial charge in [0.1, 0.15) is 0 Å². The van der Waals surface area contributed by atoms with Crippen LogP contribution in [0.1, 0.15) is 12.8 Å². The number of nitrogens with zero attached hydrogens (tertiary/aromatic N) is 4. The molecule has 0 aromatic carbocycles. The van der Waals surface area contributed by atoms with Crippen LogP contribution in [0.2, 0.25) is 5.28 Å². The Morgan fingerprint density at radius 3 is 2.72 bits per heavy atom. The molecule has 100 valence electrons. The number of hydrogen-bond donors (Lipinski definition) is 0. The van der Waals surface area contributed by atoms with Crippen molar-refractivity contribution in [1.29, 1.82) is 0 Å². The fourth-order valence-corrected chi connectivity index (χ4v) is 2.53. The van der Waals surface area contributed by atoms with E-state index >= 15 is 0 Å². The minimum atomic E-state index is -0.398. The van der Waals surface area contributed by atoms with E-state index in [4.69, 9.17) is 11.6 Å². The minimum absolute atomic E-state index is 0.0989. The van der Waals surface area contributed by atoms with Crippen LogP contribution >= 0.6 is 11.6 Å². The normalized spacial score (nSPS) is 17.5. The van der Waals surface area contributed by atoms with Crippen molar-refractivity contribution in [3.63, 3.8) is 0 Å². The molecule has 1 aliphatic rings. The zero-order valence-corrected chi connectivity index (χ0v) is 11.5. The highest BCUT2D eigenvalue weighted by atomic mass is 35.5. The molecule has 18 heavy (non-hydrogen) atoms. The van der Waals surface area contributed by atoms with Gasteiger partial charge < -0.3 is 9.80 Å². The second-order valence-corrected chi connectivity index (χ2v) is 5.34. The standard InChI is InChI=1S/C12H18ClFN4/c1-17(2)8-9-3-5-18(6-4-9)11-10(14)7-15-12(13)16-11/h7,9H,3-6,8H2,1-2H3. The lowest BCUT2D eigenvalue weighted by Crippen LogP contribution is -2.38. The molecular formula is C12H18ClFN4. The molecule has 0 N–H and O–H groups in total. The third-order valence-corrected chi connectivity index (χ3v) is 3.42. The van der Waals surface area contributed by atoms with Crippen LogP contribution in [0.5, 0.6) is 0 Å². The largest absolute Gasteiger partial charge is 0.354 e. The molecule has 0 spiro atoms. The highest BCUT2D eigenvalue weighted by molar-refractivity contribution is 6.28. The van der Waals surface area contributed by atoms with Crippen LogP contribution in [0.15, 0.2) is 6.20 Å². The molecular weight excluding hydrogens is 255 g/mol. The smallest absolute Gasteiger partial charge is 0.224 e. The van der Waals surface area contributed by atoms with Crippen molar-refractivity contribution in [2.45, 2.75) is 12.8 Å². The summed E-state index contributed by atoms with van der Waals surface area (Å²) >= 11 is 5.71. The van der Waals surface area contributed by atoms with Gasteiger partial charge >= 0.3 is 0 Å². The van der Waals surface area contributed by atoms with Gasteiger partial charge in [-0.3, -0.25) is 0 Å². The Bertz CT molecular complexity index is 405. The summed E-state index contributed by atoms with van der Waals surface area (Å²) in [6.07, 6.45) is 3.25. The van der Waals surface area contributed by atoms with Gasteiger partial charge in [-0.1, -0.05) is 0 Å². The maximum Gasteiger partial charge on any atom is 0.224 e. The van der Waals surface area contributed by atoms with Gasteiger partial charge in [-0.05, 0) is 44.5 Å². The van der Waals surface area contributed by atoms with Crippen molar-refractivity contribution in [3.8, 4) is 0 Å². The monoisotopic (exact) mass is 272 g/mol. The molecule has 0 bridgehead atoms. The Balaban J connectivity index is 1.99. The lowest BCUT2D eigenvalue weighted by Gasteiger charge is -2.33. The fraction of sp³-hybridized carbons (Fsp3) is 0.667. The van der Waals surface area contributed by atoms with Crippen molar-refractivity contribution in [1.82, 2.24) is 14.9 Å². The lowest BCUT2D eigenvalue weighted by molar-refractivity contribution is 0.284. The number of hydrogen-bond acceptors (Lipinski definition) is 4. The summed E-state index contributed by atoms with van der Waals surface area (Å²) in [4.78, 5) is 11.8. The lowest BCUT2D eigenvalue weighted by atomic mass is 9.96.